The molecule has 0 spiro atoms. The van der Waals surface area contributed by atoms with Crippen LogP contribution in [0.4, 0.5) is 15.8 Å². The van der Waals surface area contributed by atoms with Gasteiger partial charge in [0.1, 0.15) is 18.2 Å². The fraction of sp³-hybridized carbons (Fsp3) is 0.235. The quantitative estimate of drug-likeness (QED) is 0.947. The molecule has 0 unspecified atom stereocenters. The fourth-order valence-corrected chi connectivity index (χ4v) is 2.42. The molecule has 2 aromatic rings. The molecule has 1 aliphatic heterocycles. The molecule has 22 heavy (non-hydrogen) atoms. The van der Waals surface area contributed by atoms with E-state index in [1.54, 1.807) is 12.1 Å². The summed E-state index contributed by atoms with van der Waals surface area (Å²) in [6, 6.07) is 11.5. The van der Waals surface area contributed by atoms with Crippen molar-refractivity contribution in [2.45, 2.75) is 6.42 Å². The summed E-state index contributed by atoms with van der Waals surface area (Å²) in [6.07, 6.45) is 0.212. The Labute approximate surface area is 128 Å². The topological polar surface area (TPSA) is 41.6 Å². The van der Waals surface area contributed by atoms with Gasteiger partial charge in [-0.3, -0.25) is 4.79 Å². The van der Waals surface area contributed by atoms with Crippen LogP contribution in [0.5, 0.6) is 5.75 Å². The third-order valence-corrected chi connectivity index (χ3v) is 3.62. The SMILES string of the molecule is CN1CCOc2ccc(NC(=O)Cc3ccc(F)cc3)cc21. The number of rotatable bonds is 3. The van der Waals surface area contributed by atoms with Gasteiger partial charge in [-0.2, -0.15) is 0 Å². The molecule has 0 aliphatic carbocycles. The average Bonchev–Trinajstić information content (AvgIpc) is 2.50. The minimum Gasteiger partial charge on any atom is -0.490 e. The summed E-state index contributed by atoms with van der Waals surface area (Å²) >= 11 is 0. The standard InChI is InChI=1S/C17H17FN2O2/c1-20-8-9-22-16-7-6-14(11-15(16)20)19-17(21)10-12-2-4-13(18)5-3-12/h2-7,11H,8-10H2,1H3,(H,19,21). The first-order valence-corrected chi connectivity index (χ1v) is 7.14. The number of ether oxygens (including phenoxy) is 1. The molecule has 0 atom stereocenters. The van der Waals surface area contributed by atoms with Crippen molar-refractivity contribution in [1.29, 1.82) is 0 Å². The number of likely N-dealkylation sites (N-methyl/N-ethyl adjacent to an activating group) is 1. The third kappa shape index (κ3) is 3.19. The maximum absolute atomic E-state index is 12.9. The normalized spacial score (nSPS) is 13.3. The predicted octanol–water partition coefficient (Wildman–Crippen LogP) is 2.84. The number of fused-ring (bicyclic) bond motifs is 1. The van der Waals surface area contributed by atoms with Crippen LogP contribution in [0.2, 0.25) is 0 Å². The highest BCUT2D eigenvalue weighted by Gasteiger charge is 2.15. The largest absolute Gasteiger partial charge is 0.490 e. The zero-order valence-corrected chi connectivity index (χ0v) is 12.3. The number of amides is 1. The molecular formula is C17H17FN2O2. The molecule has 0 bridgehead atoms. The van der Waals surface area contributed by atoms with Gasteiger partial charge >= 0.3 is 0 Å². The van der Waals surface area contributed by atoms with E-state index < -0.39 is 0 Å². The van der Waals surface area contributed by atoms with Gasteiger partial charge in [0.05, 0.1) is 18.7 Å². The Balaban J connectivity index is 1.69. The number of carbonyl (C=O) groups excluding carboxylic acids is 1. The average molecular weight is 300 g/mol. The van der Waals surface area contributed by atoms with Crippen molar-refractivity contribution >= 4 is 17.3 Å². The monoisotopic (exact) mass is 300 g/mol. The minimum absolute atomic E-state index is 0.133. The van der Waals surface area contributed by atoms with Crippen LogP contribution < -0.4 is 15.0 Å². The van der Waals surface area contributed by atoms with Crippen molar-refractivity contribution < 1.29 is 13.9 Å². The summed E-state index contributed by atoms with van der Waals surface area (Å²) < 4.78 is 18.4. The zero-order valence-electron chi connectivity index (χ0n) is 12.3. The van der Waals surface area contributed by atoms with Crippen LogP contribution >= 0.6 is 0 Å². The highest BCUT2D eigenvalue weighted by Crippen LogP contribution is 2.33. The lowest BCUT2D eigenvalue weighted by molar-refractivity contribution is -0.115. The zero-order chi connectivity index (χ0) is 15.5. The lowest BCUT2D eigenvalue weighted by atomic mass is 10.1. The number of nitrogens with one attached hydrogen (secondary N) is 1. The second-order valence-electron chi connectivity index (χ2n) is 5.30. The fourth-order valence-electron chi connectivity index (χ4n) is 2.42. The Morgan fingerprint density at radius 3 is 2.82 bits per heavy atom. The van der Waals surface area contributed by atoms with E-state index in [2.05, 4.69) is 10.2 Å². The molecule has 1 heterocycles. The Morgan fingerprint density at radius 2 is 2.05 bits per heavy atom. The van der Waals surface area contributed by atoms with Gasteiger partial charge in [-0.1, -0.05) is 12.1 Å². The maximum Gasteiger partial charge on any atom is 0.228 e. The van der Waals surface area contributed by atoms with Crippen LogP contribution in [0, 0.1) is 5.82 Å². The Morgan fingerprint density at radius 1 is 1.27 bits per heavy atom. The molecule has 114 valence electrons. The van der Waals surface area contributed by atoms with E-state index in [-0.39, 0.29) is 18.1 Å². The van der Waals surface area contributed by atoms with Crippen molar-refractivity contribution in [3.05, 3.63) is 53.8 Å². The van der Waals surface area contributed by atoms with Gasteiger partial charge in [0.2, 0.25) is 5.91 Å². The molecule has 0 radical (unpaired) electrons. The van der Waals surface area contributed by atoms with Gasteiger partial charge in [0, 0.05) is 12.7 Å². The Kier molecular flexibility index (Phi) is 3.96. The number of anilines is 2. The first kappa shape index (κ1) is 14.4. The number of hydrogen-bond donors (Lipinski definition) is 1. The van der Waals surface area contributed by atoms with Gasteiger partial charge in [-0.05, 0) is 35.9 Å². The second-order valence-corrected chi connectivity index (χ2v) is 5.30. The summed E-state index contributed by atoms with van der Waals surface area (Å²) in [5.41, 5.74) is 2.46. The Hall–Kier alpha value is -2.56. The molecule has 1 amide bonds. The van der Waals surface area contributed by atoms with Crippen molar-refractivity contribution in [1.82, 2.24) is 0 Å². The molecule has 2 aromatic carbocycles. The van der Waals surface area contributed by atoms with Crippen LogP contribution in [-0.4, -0.2) is 26.1 Å². The van der Waals surface area contributed by atoms with Gasteiger partial charge in [0.25, 0.3) is 0 Å². The van der Waals surface area contributed by atoms with E-state index in [9.17, 15) is 9.18 Å². The van der Waals surface area contributed by atoms with Crippen LogP contribution in [-0.2, 0) is 11.2 Å². The molecule has 3 rings (SSSR count). The molecule has 5 heteroatoms. The van der Waals surface area contributed by atoms with Crippen molar-refractivity contribution in [3.63, 3.8) is 0 Å². The maximum atomic E-state index is 12.9. The summed E-state index contributed by atoms with van der Waals surface area (Å²) in [4.78, 5) is 14.2. The van der Waals surface area contributed by atoms with Crippen molar-refractivity contribution in [3.8, 4) is 5.75 Å². The van der Waals surface area contributed by atoms with E-state index in [0.717, 1.165) is 29.2 Å². The van der Waals surface area contributed by atoms with Gasteiger partial charge < -0.3 is 15.0 Å². The van der Waals surface area contributed by atoms with Gasteiger partial charge in [0.15, 0.2) is 0 Å². The first-order chi connectivity index (χ1) is 10.6. The summed E-state index contributed by atoms with van der Waals surface area (Å²) in [5, 5.41) is 2.86. The van der Waals surface area contributed by atoms with Crippen LogP contribution in [0.3, 0.4) is 0 Å². The van der Waals surface area contributed by atoms with E-state index in [4.69, 9.17) is 4.74 Å². The smallest absolute Gasteiger partial charge is 0.228 e. The van der Waals surface area contributed by atoms with Crippen molar-refractivity contribution in [2.24, 2.45) is 0 Å². The van der Waals surface area contributed by atoms with Crippen LogP contribution in [0.15, 0.2) is 42.5 Å². The Bertz CT molecular complexity index is 686. The molecule has 1 N–H and O–H groups in total. The summed E-state index contributed by atoms with van der Waals surface area (Å²) in [6.45, 7) is 1.49. The summed E-state index contributed by atoms with van der Waals surface area (Å²) in [7, 11) is 1.99. The number of hydrogen-bond acceptors (Lipinski definition) is 3. The van der Waals surface area contributed by atoms with Crippen LogP contribution in [0.1, 0.15) is 5.56 Å². The minimum atomic E-state index is -0.304. The third-order valence-electron chi connectivity index (χ3n) is 3.62. The molecule has 0 aromatic heterocycles. The molecular weight excluding hydrogens is 283 g/mol. The first-order valence-electron chi connectivity index (χ1n) is 7.14. The lowest BCUT2D eigenvalue weighted by Gasteiger charge is -2.28. The van der Waals surface area contributed by atoms with Gasteiger partial charge in [-0.25, -0.2) is 4.39 Å². The predicted molar refractivity (Wildman–Crippen MR) is 83.9 cm³/mol. The van der Waals surface area contributed by atoms with E-state index in [1.165, 1.54) is 12.1 Å². The van der Waals surface area contributed by atoms with E-state index in [0.29, 0.717) is 6.61 Å². The number of benzene rings is 2. The summed E-state index contributed by atoms with van der Waals surface area (Å²) in [5.74, 6) is 0.387. The van der Waals surface area contributed by atoms with Crippen molar-refractivity contribution in [2.75, 3.05) is 30.4 Å². The lowest BCUT2D eigenvalue weighted by Crippen LogP contribution is -2.28. The number of halogens is 1. The number of carbonyl (C=O) groups is 1. The molecule has 1 aliphatic rings. The van der Waals surface area contributed by atoms with E-state index >= 15 is 0 Å². The number of nitrogens with zero attached hydrogens (tertiary/aromatic N) is 1. The second kappa shape index (κ2) is 6.05. The van der Waals surface area contributed by atoms with Crippen LogP contribution in [0.25, 0.3) is 0 Å². The molecule has 4 nitrogen and oxygen atoms in total. The molecule has 0 fully saturated rings. The highest BCUT2D eigenvalue weighted by molar-refractivity contribution is 5.93. The molecule has 0 saturated carbocycles. The molecule has 0 saturated heterocycles. The highest BCUT2D eigenvalue weighted by atomic mass is 19.1. The van der Waals surface area contributed by atoms with E-state index in [1.807, 2.05) is 25.2 Å². The van der Waals surface area contributed by atoms with Gasteiger partial charge in [-0.15, -0.1) is 0 Å².